The van der Waals surface area contributed by atoms with E-state index < -0.39 is 12.1 Å². The molecule has 0 saturated heterocycles. The zero-order valence-electron chi connectivity index (χ0n) is 19.5. The maximum Gasteiger partial charge on any atom is 0.490 e. The number of hydrogen-bond donors (Lipinski definition) is 4. The Morgan fingerprint density at radius 2 is 1.97 bits per heavy atom. The summed E-state index contributed by atoms with van der Waals surface area (Å²) in [5, 5.41) is 25.9. The maximum atomic E-state index is 12.9. The summed E-state index contributed by atoms with van der Waals surface area (Å²) in [7, 11) is 1.61. The summed E-state index contributed by atoms with van der Waals surface area (Å²) in [4.78, 5) is 21.8. The lowest BCUT2D eigenvalue weighted by Gasteiger charge is -2.25. The number of methoxy groups -OCH3 is 1. The highest BCUT2D eigenvalue weighted by molar-refractivity contribution is 5.95. The van der Waals surface area contributed by atoms with Gasteiger partial charge in [0.15, 0.2) is 0 Å². The molecule has 0 saturated carbocycles. The van der Waals surface area contributed by atoms with Crippen LogP contribution in [0.2, 0.25) is 0 Å². The van der Waals surface area contributed by atoms with E-state index in [2.05, 4.69) is 15.5 Å². The number of amides is 1. The minimum absolute atomic E-state index is 0.122. The molecule has 2 heterocycles. The summed E-state index contributed by atoms with van der Waals surface area (Å²) >= 11 is 0. The molecule has 0 fully saturated rings. The standard InChI is InChI=1S/C22H23N3O5.C2HF3O2/c1-28-18-3-5-20-15(9-18)8-16(13-30-20)22(27)25-19-4-2-14(17-11-23-24-12-17)10-21(19)29-7-6-26;3-2(4,5)1(6)7/h2-5,9-12,16,26H,6-8,13H2,1H3,(H,23,24)(H,25,27);(H,6,7). The first-order valence-electron chi connectivity index (χ1n) is 10.9. The second-order valence-corrected chi connectivity index (χ2v) is 7.75. The molecule has 4 N–H and O–H groups in total. The number of rotatable bonds is 7. The molecular weight excluding hydrogens is 499 g/mol. The summed E-state index contributed by atoms with van der Waals surface area (Å²) in [6, 6.07) is 11.1. The van der Waals surface area contributed by atoms with E-state index in [1.165, 1.54) is 0 Å². The summed E-state index contributed by atoms with van der Waals surface area (Å²) < 4.78 is 48.4. The number of ether oxygens (including phenoxy) is 3. The number of aromatic amines is 1. The van der Waals surface area contributed by atoms with Crippen LogP contribution in [-0.4, -0.2) is 65.4 Å². The van der Waals surface area contributed by atoms with Crippen LogP contribution >= 0.6 is 0 Å². The minimum Gasteiger partial charge on any atom is -0.497 e. The Morgan fingerprint density at radius 1 is 1.22 bits per heavy atom. The monoisotopic (exact) mass is 523 g/mol. The lowest BCUT2D eigenvalue weighted by molar-refractivity contribution is -0.192. The van der Waals surface area contributed by atoms with Crippen LogP contribution in [0.15, 0.2) is 48.8 Å². The van der Waals surface area contributed by atoms with Crippen molar-refractivity contribution in [2.45, 2.75) is 12.6 Å². The molecule has 0 radical (unpaired) electrons. The number of alkyl halides is 3. The van der Waals surface area contributed by atoms with Gasteiger partial charge in [0.25, 0.3) is 0 Å². The molecule has 1 aromatic heterocycles. The quantitative estimate of drug-likeness (QED) is 0.370. The molecule has 10 nitrogen and oxygen atoms in total. The Balaban J connectivity index is 0.000000479. The number of fused-ring (bicyclic) bond motifs is 1. The van der Waals surface area contributed by atoms with Crippen molar-refractivity contribution in [1.82, 2.24) is 10.2 Å². The maximum absolute atomic E-state index is 12.9. The molecule has 37 heavy (non-hydrogen) atoms. The Kier molecular flexibility index (Phi) is 8.95. The van der Waals surface area contributed by atoms with Crippen LogP contribution in [-0.2, 0) is 16.0 Å². The van der Waals surface area contributed by atoms with Crippen LogP contribution in [0.4, 0.5) is 18.9 Å². The topological polar surface area (TPSA) is 143 Å². The van der Waals surface area contributed by atoms with Crippen molar-refractivity contribution in [1.29, 1.82) is 0 Å². The van der Waals surface area contributed by atoms with Crippen molar-refractivity contribution in [3.63, 3.8) is 0 Å². The highest BCUT2D eigenvalue weighted by atomic mass is 19.4. The third-order valence-electron chi connectivity index (χ3n) is 5.21. The molecule has 0 bridgehead atoms. The number of aliphatic hydroxyl groups excluding tert-OH is 1. The Morgan fingerprint density at radius 3 is 2.59 bits per heavy atom. The van der Waals surface area contributed by atoms with Gasteiger partial charge < -0.3 is 29.7 Å². The van der Waals surface area contributed by atoms with Crippen LogP contribution in [0, 0.1) is 5.92 Å². The van der Waals surface area contributed by atoms with E-state index >= 15 is 0 Å². The zero-order chi connectivity index (χ0) is 27.0. The summed E-state index contributed by atoms with van der Waals surface area (Å²) in [5.41, 5.74) is 3.26. The first-order valence-corrected chi connectivity index (χ1v) is 10.9. The molecule has 1 atom stereocenters. The molecule has 1 unspecified atom stereocenters. The number of aliphatic carboxylic acids is 1. The van der Waals surface area contributed by atoms with Gasteiger partial charge >= 0.3 is 12.1 Å². The summed E-state index contributed by atoms with van der Waals surface area (Å²) in [6.45, 7) is 0.293. The van der Waals surface area contributed by atoms with Gasteiger partial charge in [0.2, 0.25) is 5.91 Å². The summed E-state index contributed by atoms with van der Waals surface area (Å²) in [6.07, 6.45) is -1.05. The number of anilines is 1. The highest BCUT2D eigenvalue weighted by Crippen LogP contribution is 2.33. The molecule has 1 amide bonds. The van der Waals surface area contributed by atoms with E-state index in [0.717, 1.165) is 28.2 Å². The van der Waals surface area contributed by atoms with E-state index in [1.807, 2.05) is 30.3 Å². The first-order chi connectivity index (χ1) is 17.6. The van der Waals surface area contributed by atoms with Crippen molar-refractivity contribution in [2.24, 2.45) is 5.92 Å². The molecular formula is C24H24F3N3O7. The normalized spacial score (nSPS) is 14.4. The molecule has 198 valence electrons. The number of carbonyl (C=O) groups excluding carboxylic acids is 1. The fourth-order valence-electron chi connectivity index (χ4n) is 3.39. The Hall–Kier alpha value is -4.26. The predicted molar refractivity (Wildman–Crippen MR) is 125 cm³/mol. The number of nitrogens with one attached hydrogen (secondary N) is 2. The fourth-order valence-corrected chi connectivity index (χ4v) is 3.39. The average molecular weight is 523 g/mol. The third kappa shape index (κ3) is 7.36. The van der Waals surface area contributed by atoms with E-state index in [0.29, 0.717) is 24.5 Å². The minimum atomic E-state index is -5.08. The van der Waals surface area contributed by atoms with Crippen molar-refractivity contribution in [3.8, 4) is 28.4 Å². The van der Waals surface area contributed by atoms with Crippen LogP contribution in [0.3, 0.4) is 0 Å². The Labute approximate surface area is 209 Å². The van der Waals surface area contributed by atoms with Crippen molar-refractivity contribution in [3.05, 3.63) is 54.4 Å². The molecule has 1 aliphatic heterocycles. The van der Waals surface area contributed by atoms with Crippen LogP contribution in [0.25, 0.3) is 11.1 Å². The van der Waals surface area contributed by atoms with Crippen molar-refractivity contribution < 1.29 is 47.2 Å². The molecule has 0 spiro atoms. The first kappa shape index (κ1) is 27.3. The van der Waals surface area contributed by atoms with Gasteiger partial charge in [-0.05, 0) is 47.9 Å². The number of benzene rings is 2. The van der Waals surface area contributed by atoms with Crippen LogP contribution in [0.5, 0.6) is 17.2 Å². The number of halogens is 3. The van der Waals surface area contributed by atoms with Gasteiger partial charge in [0, 0.05) is 11.8 Å². The molecule has 4 rings (SSSR count). The number of carboxylic acids is 1. The molecule has 1 aliphatic rings. The lowest BCUT2D eigenvalue weighted by atomic mass is 9.95. The molecule has 0 aliphatic carbocycles. The molecule has 13 heteroatoms. The third-order valence-corrected chi connectivity index (χ3v) is 5.21. The van der Waals surface area contributed by atoms with Crippen molar-refractivity contribution >= 4 is 17.6 Å². The van der Waals surface area contributed by atoms with Gasteiger partial charge in [0.1, 0.15) is 30.5 Å². The number of aliphatic hydroxyl groups is 1. The fraction of sp³-hybridized carbons (Fsp3) is 0.292. The predicted octanol–water partition coefficient (Wildman–Crippen LogP) is 3.28. The number of carbonyl (C=O) groups is 2. The molecule has 3 aromatic rings. The largest absolute Gasteiger partial charge is 0.497 e. The number of carboxylic acid groups (broad SMARTS) is 1. The summed E-state index contributed by atoms with van der Waals surface area (Å²) in [5.74, 6) is -1.27. The number of nitrogens with zero attached hydrogens (tertiary/aromatic N) is 1. The van der Waals surface area contributed by atoms with E-state index in [-0.39, 0.29) is 25.0 Å². The van der Waals surface area contributed by atoms with Crippen molar-refractivity contribution in [2.75, 3.05) is 32.2 Å². The van der Waals surface area contributed by atoms with Gasteiger partial charge in [-0.3, -0.25) is 9.89 Å². The second kappa shape index (κ2) is 12.1. The van der Waals surface area contributed by atoms with Crippen LogP contribution < -0.4 is 19.5 Å². The second-order valence-electron chi connectivity index (χ2n) is 7.75. The van der Waals surface area contributed by atoms with Gasteiger partial charge in [0.05, 0.1) is 31.5 Å². The van der Waals surface area contributed by atoms with E-state index in [4.69, 9.17) is 29.2 Å². The smallest absolute Gasteiger partial charge is 0.490 e. The number of aromatic nitrogens is 2. The average Bonchev–Trinajstić information content (AvgIpc) is 3.42. The molecule has 2 aromatic carbocycles. The zero-order valence-corrected chi connectivity index (χ0v) is 19.5. The van der Waals surface area contributed by atoms with E-state index in [9.17, 15) is 18.0 Å². The number of hydrogen-bond acceptors (Lipinski definition) is 7. The Bertz CT molecular complexity index is 1220. The van der Waals surface area contributed by atoms with E-state index in [1.54, 1.807) is 25.6 Å². The van der Waals surface area contributed by atoms with Crippen LogP contribution in [0.1, 0.15) is 5.56 Å². The van der Waals surface area contributed by atoms with Gasteiger partial charge in [-0.25, -0.2) is 4.79 Å². The van der Waals surface area contributed by atoms with Gasteiger partial charge in [-0.15, -0.1) is 0 Å². The van der Waals surface area contributed by atoms with Gasteiger partial charge in [-0.2, -0.15) is 18.3 Å². The highest BCUT2D eigenvalue weighted by Gasteiger charge is 2.38. The lowest BCUT2D eigenvalue weighted by Crippen LogP contribution is -2.32. The number of H-pyrrole nitrogens is 1. The van der Waals surface area contributed by atoms with Gasteiger partial charge in [-0.1, -0.05) is 6.07 Å². The SMILES string of the molecule is COc1ccc2c(c1)CC(C(=O)Nc1ccc(-c3cn[nH]c3)cc1OCCO)CO2.O=C(O)C(F)(F)F.